The van der Waals surface area contributed by atoms with E-state index in [1.54, 1.807) is 30.1 Å². The van der Waals surface area contributed by atoms with Crippen molar-refractivity contribution >= 4 is 40.9 Å². The van der Waals surface area contributed by atoms with Crippen LogP contribution < -0.4 is 10.1 Å². The lowest BCUT2D eigenvalue weighted by Crippen LogP contribution is -2.33. The summed E-state index contributed by atoms with van der Waals surface area (Å²) >= 11 is 13.5. The Kier molecular flexibility index (Phi) is 7.05. The molecule has 1 amide bonds. The topological polar surface area (TPSA) is 69.0 Å². The van der Waals surface area contributed by atoms with Gasteiger partial charge in [-0.2, -0.15) is 0 Å². The van der Waals surface area contributed by atoms with Gasteiger partial charge in [0, 0.05) is 10.0 Å². The molecular weight excluding hydrogens is 431 g/mol. The monoisotopic (exact) mass is 450 g/mol. The largest absolute Gasteiger partial charge is 0.495 e. The highest BCUT2D eigenvalue weighted by Gasteiger charge is 2.22. The third-order valence-electron chi connectivity index (χ3n) is 4.30. The molecule has 6 nitrogen and oxygen atoms in total. The Hall–Kier alpha value is -2.22. The first-order valence-corrected chi connectivity index (χ1v) is 10.5. The lowest BCUT2D eigenvalue weighted by Gasteiger charge is -2.19. The standard InChI is InChI=1S/C20H20Cl2N4O2S/c1-12(15-9-8-14(21)10-16(15)22)24-19(27)13(2)29-20-25-23-11-26(20)17-6-4-5-7-18(17)28-3/h4-13H,1-3H3,(H,24,27). The van der Waals surface area contributed by atoms with Gasteiger partial charge >= 0.3 is 0 Å². The first-order chi connectivity index (χ1) is 13.9. The van der Waals surface area contributed by atoms with Crippen LogP contribution >= 0.6 is 35.0 Å². The summed E-state index contributed by atoms with van der Waals surface area (Å²) in [6, 6.07) is 12.5. The number of nitrogens with one attached hydrogen (secondary N) is 1. The minimum Gasteiger partial charge on any atom is -0.495 e. The number of rotatable bonds is 7. The van der Waals surface area contributed by atoms with Gasteiger partial charge in [0.05, 0.1) is 24.1 Å². The third-order valence-corrected chi connectivity index (χ3v) is 5.92. The molecule has 2 atom stereocenters. The molecule has 0 saturated heterocycles. The van der Waals surface area contributed by atoms with E-state index in [4.69, 9.17) is 27.9 Å². The number of thioether (sulfide) groups is 1. The van der Waals surface area contributed by atoms with Gasteiger partial charge in [-0.3, -0.25) is 9.36 Å². The van der Waals surface area contributed by atoms with E-state index in [1.165, 1.54) is 11.8 Å². The lowest BCUT2D eigenvalue weighted by molar-refractivity contribution is -0.120. The van der Waals surface area contributed by atoms with Crippen molar-refractivity contribution in [3.05, 3.63) is 64.4 Å². The zero-order chi connectivity index (χ0) is 21.0. The number of aromatic nitrogens is 3. The molecule has 0 fully saturated rings. The second-order valence-corrected chi connectivity index (χ2v) is 8.46. The summed E-state index contributed by atoms with van der Waals surface area (Å²) in [6.45, 7) is 3.69. The van der Waals surface area contributed by atoms with Gasteiger partial charge in [0.25, 0.3) is 0 Å². The molecule has 3 rings (SSSR count). The number of carbonyl (C=O) groups is 1. The minimum atomic E-state index is -0.402. The van der Waals surface area contributed by atoms with Gasteiger partial charge in [0.1, 0.15) is 12.1 Å². The maximum Gasteiger partial charge on any atom is 0.233 e. The maximum atomic E-state index is 12.7. The second-order valence-electron chi connectivity index (χ2n) is 6.31. The van der Waals surface area contributed by atoms with Crippen LogP contribution in [-0.4, -0.2) is 33.0 Å². The number of benzene rings is 2. The van der Waals surface area contributed by atoms with Crippen LogP contribution in [-0.2, 0) is 4.79 Å². The maximum absolute atomic E-state index is 12.7. The summed E-state index contributed by atoms with van der Waals surface area (Å²) in [6.07, 6.45) is 1.60. The Labute approximate surface area is 183 Å². The normalized spacial score (nSPS) is 13.0. The average Bonchev–Trinajstić information content (AvgIpc) is 3.15. The van der Waals surface area contributed by atoms with Crippen molar-refractivity contribution in [2.75, 3.05) is 7.11 Å². The fourth-order valence-corrected chi connectivity index (χ4v) is 4.19. The number of amides is 1. The molecule has 0 aliphatic carbocycles. The number of halogens is 2. The highest BCUT2D eigenvalue weighted by atomic mass is 35.5. The number of hydrogen-bond acceptors (Lipinski definition) is 5. The molecular formula is C20H20Cl2N4O2S. The Morgan fingerprint density at radius 1 is 1.21 bits per heavy atom. The van der Waals surface area contributed by atoms with Gasteiger partial charge in [0.2, 0.25) is 5.91 Å². The molecule has 2 unspecified atom stereocenters. The molecule has 1 aromatic heterocycles. The molecule has 2 aromatic carbocycles. The highest BCUT2D eigenvalue weighted by Crippen LogP contribution is 2.30. The molecule has 0 bridgehead atoms. The fourth-order valence-electron chi connectivity index (χ4n) is 2.77. The summed E-state index contributed by atoms with van der Waals surface area (Å²) in [5, 5.41) is 12.4. The van der Waals surface area contributed by atoms with Gasteiger partial charge < -0.3 is 10.1 Å². The predicted molar refractivity (Wildman–Crippen MR) is 116 cm³/mol. The van der Waals surface area contributed by atoms with Crippen molar-refractivity contribution in [2.24, 2.45) is 0 Å². The first-order valence-electron chi connectivity index (χ1n) is 8.86. The van der Waals surface area contributed by atoms with E-state index in [2.05, 4.69) is 15.5 Å². The molecule has 0 radical (unpaired) electrons. The van der Waals surface area contributed by atoms with Crippen molar-refractivity contribution < 1.29 is 9.53 Å². The minimum absolute atomic E-state index is 0.136. The van der Waals surface area contributed by atoms with Gasteiger partial charge in [-0.05, 0) is 43.7 Å². The van der Waals surface area contributed by atoms with E-state index in [-0.39, 0.29) is 11.9 Å². The molecule has 0 aliphatic heterocycles. The number of nitrogens with zero attached hydrogens (tertiary/aromatic N) is 3. The first kappa shape index (κ1) is 21.5. The molecule has 1 heterocycles. The fraction of sp³-hybridized carbons (Fsp3) is 0.250. The summed E-state index contributed by atoms with van der Waals surface area (Å²) in [7, 11) is 1.61. The highest BCUT2D eigenvalue weighted by molar-refractivity contribution is 8.00. The van der Waals surface area contributed by atoms with Crippen molar-refractivity contribution in [2.45, 2.75) is 30.3 Å². The molecule has 0 saturated carbocycles. The van der Waals surface area contributed by atoms with E-state index in [9.17, 15) is 4.79 Å². The lowest BCUT2D eigenvalue weighted by atomic mass is 10.1. The molecule has 152 valence electrons. The van der Waals surface area contributed by atoms with Crippen LogP contribution in [0, 0.1) is 0 Å². The van der Waals surface area contributed by atoms with Crippen molar-refractivity contribution in [1.82, 2.24) is 20.1 Å². The molecule has 3 aromatic rings. The van der Waals surface area contributed by atoms with Crippen LogP contribution in [0.25, 0.3) is 5.69 Å². The van der Waals surface area contributed by atoms with E-state index in [0.717, 1.165) is 11.3 Å². The molecule has 1 N–H and O–H groups in total. The molecule has 0 aliphatic rings. The molecule has 9 heteroatoms. The van der Waals surface area contributed by atoms with Crippen molar-refractivity contribution in [3.63, 3.8) is 0 Å². The van der Waals surface area contributed by atoms with Gasteiger partial charge in [-0.15, -0.1) is 10.2 Å². The number of hydrogen-bond donors (Lipinski definition) is 1. The van der Waals surface area contributed by atoms with E-state index >= 15 is 0 Å². The summed E-state index contributed by atoms with van der Waals surface area (Å²) < 4.78 is 7.21. The molecule has 29 heavy (non-hydrogen) atoms. The van der Waals surface area contributed by atoms with Crippen LogP contribution in [0.3, 0.4) is 0 Å². The number of para-hydroxylation sites is 2. The zero-order valence-corrected chi connectivity index (χ0v) is 18.4. The Morgan fingerprint density at radius 2 is 1.97 bits per heavy atom. The Bertz CT molecular complexity index is 1010. The van der Waals surface area contributed by atoms with E-state index < -0.39 is 5.25 Å². The zero-order valence-electron chi connectivity index (χ0n) is 16.1. The number of methoxy groups -OCH3 is 1. The average molecular weight is 451 g/mol. The predicted octanol–water partition coefficient (Wildman–Crippen LogP) is 4.94. The van der Waals surface area contributed by atoms with E-state index in [0.29, 0.717) is 21.0 Å². The Morgan fingerprint density at radius 3 is 2.69 bits per heavy atom. The quantitative estimate of drug-likeness (QED) is 0.516. The van der Waals surface area contributed by atoms with Gasteiger partial charge in [-0.25, -0.2) is 0 Å². The van der Waals surface area contributed by atoms with Crippen LogP contribution in [0.4, 0.5) is 0 Å². The smallest absolute Gasteiger partial charge is 0.233 e. The summed E-state index contributed by atoms with van der Waals surface area (Å²) in [5.74, 6) is 0.556. The number of ether oxygens (including phenoxy) is 1. The van der Waals surface area contributed by atoms with Crippen LogP contribution in [0.5, 0.6) is 5.75 Å². The second kappa shape index (κ2) is 9.52. The third kappa shape index (κ3) is 5.04. The molecule has 0 spiro atoms. The van der Waals surface area contributed by atoms with Crippen molar-refractivity contribution in [1.29, 1.82) is 0 Å². The van der Waals surface area contributed by atoms with E-state index in [1.807, 2.05) is 44.2 Å². The number of carbonyl (C=O) groups excluding carboxylic acids is 1. The van der Waals surface area contributed by atoms with Crippen LogP contribution in [0.1, 0.15) is 25.5 Å². The van der Waals surface area contributed by atoms with Gasteiger partial charge in [-0.1, -0.05) is 53.2 Å². The summed E-state index contributed by atoms with van der Waals surface area (Å²) in [5.41, 5.74) is 1.61. The summed E-state index contributed by atoms with van der Waals surface area (Å²) in [4.78, 5) is 12.7. The Balaban J connectivity index is 1.72. The SMILES string of the molecule is COc1ccccc1-n1cnnc1SC(C)C(=O)NC(C)c1ccc(Cl)cc1Cl. The van der Waals surface area contributed by atoms with Crippen LogP contribution in [0.2, 0.25) is 10.0 Å². The van der Waals surface area contributed by atoms with Gasteiger partial charge in [0.15, 0.2) is 5.16 Å². The van der Waals surface area contributed by atoms with Crippen LogP contribution in [0.15, 0.2) is 53.9 Å². The van der Waals surface area contributed by atoms with Crippen molar-refractivity contribution in [3.8, 4) is 11.4 Å².